The zero-order valence-corrected chi connectivity index (χ0v) is 12.9. The minimum absolute atomic E-state index is 0.278. The fourth-order valence-corrected chi connectivity index (χ4v) is 5.29. The molecule has 1 aliphatic carbocycles. The lowest BCUT2D eigenvalue weighted by atomic mass is 10.1. The van der Waals surface area contributed by atoms with E-state index in [0.29, 0.717) is 5.92 Å². The Balaban J connectivity index is 1.84. The highest BCUT2D eigenvalue weighted by atomic mass is 32.2. The van der Waals surface area contributed by atoms with Gasteiger partial charge in [0.05, 0.1) is 0 Å². The van der Waals surface area contributed by atoms with Crippen molar-refractivity contribution in [1.29, 1.82) is 0 Å². The Labute approximate surface area is 115 Å². The second-order valence-corrected chi connectivity index (χ2v) is 8.99. The molecular formula is C12H24N2O2S2. The molecule has 0 radical (unpaired) electrons. The molecule has 1 N–H and O–H groups in total. The maximum absolute atomic E-state index is 11.8. The molecule has 1 saturated heterocycles. The molecule has 0 amide bonds. The van der Waals surface area contributed by atoms with Gasteiger partial charge in [-0.25, -0.2) is 8.42 Å². The van der Waals surface area contributed by atoms with Crippen molar-refractivity contribution in [3.05, 3.63) is 0 Å². The van der Waals surface area contributed by atoms with Crippen molar-refractivity contribution in [2.75, 3.05) is 37.4 Å². The molecule has 0 bridgehead atoms. The Morgan fingerprint density at radius 2 is 2.17 bits per heavy atom. The Bertz CT molecular complexity index is 368. The number of hydrogen-bond donors (Lipinski definition) is 1. The first-order valence-electron chi connectivity index (χ1n) is 6.71. The average Bonchev–Trinajstić information content (AvgIpc) is 3.09. The number of hydrogen-bond acceptors (Lipinski definition) is 5. The molecule has 0 spiro atoms. The molecule has 0 aromatic heterocycles. The summed E-state index contributed by atoms with van der Waals surface area (Å²) in [6.45, 7) is 5.00. The lowest BCUT2D eigenvalue weighted by Crippen LogP contribution is -2.49. The van der Waals surface area contributed by atoms with E-state index in [1.54, 1.807) is 11.8 Å². The van der Waals surface area contributed by atoms with E-state index in [1.165, 1.54) is 19.1 Å². The molecule has 1 saturated carbocycles. The van der Waals surface area contributed by atoms with E-state index in [0.717, 1.165) is 37.2 Å². The zero-order valence-electron chi connectivity index (χ0n) is 11.3. The van der Waals surface area contributed by atoms with Gasteiger partial charge in [0, 0.05) is 36.9 Å². The van der Waals surface area contributed by atoms with Gasteiger partial charge in [0.1, 0.15) is 5.37 Å². The Morgan fingerprint density at radius 1 is 1.44 bits per heavy atom. The van der Waals surface area contributed by atoms with Gasteiger partial charge in [0.15, 0.2) is 9.84 Å². The van der Waals surface area contributed by atoms with Crippen LogP contribution in [0, 0.1) is 5.92 Å². The monoisotopic (exact) mass is 292 g/mol. The molecule has 2 aliphatic rings. The number of nitrogens with zero attached hydrogens (tertiary/aromatic N) is 1. The van der Waals surface area contributed by atoms with E-state index in [1.807, 2.05) is 0 Å². The summed E-state index contributed by atoms with van der Waals surface area (Å²) in [7, 11) is -2.95. The number of thioether (sulfide) groups is 1. The second kappa shape index (κ2) is 6.11. The fraction of sp³-hybridized carbons (Fsp3) is 1.00. The molecule has 4 nitrogen and oxygen atoms in total. The summed E-state index contributed by atoms with van der Waals surface area (Å²) < 4.78 is 23.6. The van der Waals surface area contributed by atoms with Crippen molar-refractivity contribution < 1.29 is 8.42 Å². The topological polar surface area (TPSA) is 49.4 Å². The third-order valence-electron chi connectivity index (χ3n) is 3.56. The van der Waals surface area contributed by atoms with Crippen LogP contribution >= 0.6 is 11.8 Å². The van der Waals surface area contributed by atoms with Gasteiger partial charge >= 0.3 is 0 Å². The van der Waals surface area contributed by atoms with Gasteiger partial charge in [0.2, 0.25) is 0 Å². The number of sulfone groups is 1. The van der Waals surface area contributed by atoms with Crippen LogP contribution in [-0.4, -0.2) is 62.1 Å². The summed E-state index contributed by atoms with van der Waals surface area (Å²) in [6, 6.07) is 0.732. The van der Waals surface area contributed by atoms with E-state index < -0.39 is 9.84 Å². The van der Waals surface area contributed by atoms with Gasteiger partial charge in [-0.1, -0.05) is 6.92 Å². The minimum atomic E-state index is -2.95. The van der Waals surface area contributed by atoms with Crippen molar-refractivity contribution in [2.24, 2.45) is 5.92 Å². The van der Waals surface area contributed by atoms with Crippen LogP contribution in [0.15, 0.2) is 0 Å². The Morgan fingerprint density at radius 3 is 2.78 bits per heavy atom. The summed E-state index contributed by atoms with van der Waals surface area (Å²) in [5.74, 6) is 2.29. The molecule has 1 heterocycles. The molecule has 1 aliphatic heterocycles. The summed E-state index contributed by atoms with van der Waals surface area (Å²) >= 11 is 1.75. The Kier molecular flexibility index (Phi) is 4.97. The molecular weight excluding hydrogens is 268 g/mol. The molecule has 0 aromatic carbocycles. The second-order valence-electron chi connectivity index (χ2n) is 5.64. The highest BCUT2D eigenvalue weighted by Crippen LogP contribution is 2.22. The van der Waals surface area contributed by atoms with Crippen molar-refractivity contribution in [3.8, 4) is 0 Å². The third-order valence-corrected chi connectivity index (χ3v) is 6.25. The molecule has 106 valence electrons. The predicted molar refractivity (Wildman–Crippen MR) is 77.7 cm³/mol. The first kappa shape index (κ1) is 14.6. The molecule has 2 fully saturated rings. The van der Waals surface area contributed by atoms with Gasteiger partial charge in [0.25, 0.3) is 0 Å². The van der Waals surface area contributed by atoms with Crippen LogP contribution in [0.2, 0.25) is 0 Å². The SMILES string of the molecule is CC(CNC1CC1)CN1CCSCC1S(C)(=O)=O. The maximum atomic E-state index is 11.8. The highest BCUT2D eigenvalue weighted by Gasteiger charge is 2.31. The van der Waals surface area contributed by atoms with E-state index in [2.05, 4.69) is 17.1 Å². The molecule has 2 rings (SSSR count). The fourth-order valence-electron chi connectivity index (χ4n) is 2.34. The van der Waals surface area contributed by atoms with E-state index in [9.17, 15) is 8.42 Å². The van der Waals surface area contributed by atoms with Gasteiger partial charge in [-0.3, -0.25) is 4.90 Å². The van der Waals surface area contributed by atoms with Crippen LogP contribution in [0.4, 0.5) is 0 Å². The predicted octanol–water partition coefficient (Wildman–Crippen LogP) is 0.794. The number of nitrogens with one attached hydrogen (secondary N) is 1. The molecule has 0 aromatic rings. The van der Waals surface area contributed by atoms with Crippen LogP contribution in [0.1, 0.15) is 19.8 Å². The van der Waals surface area contributed by atoms with Crippen LogP contribution in [-0.2, 0) is 9.84 Å². The lowest BCUT2D eigenvalue weighted by molar-refractivity contribution is 0.231. The van der Waals surface area contributed by atoms with Crippen LogP contribution in [0.3, 0.4) is 0 Å². The summed E-state index contributed by atoms with van der Waals surface area (Å²) in [6.07, 6.45) is 3.97. The molecule has 2 unspecified atom stereocenters. The normalized spacial score (nSPS) is 28.2. The quantitative estimate of drug-likeness (QED) is 0.784. The minimum Gasteiger partial charge on any atom is -0.314 e. The highest BCUT2D eigenvalue weighted by molar-refractivity contribution is 8.00. The molecule has 2 atom stereocenters. The van der Waals surface area contributed by atoms with Crippen molar-refractivity contribution in [1.82, 2.24) is 10.2 Å². The zero-order chi connectivity index (χ0) is 13.2. The average molecular weight is 292 g/mol. The summed E-state index contributed by atoms with van der Waals surface area (Å²) in [4.78, 5) is 2.16. The standard InChI is InChI=1S/C12H24N2O2S2/c1-10(7-13-11-3-4-11)8-14-5-6-17-9-12(14)18(2,15)16/h10-13H,3-9H2,1-2H3. The van der Waals surface area contributed by atoms with Crippen molar-refractivity contribution in [2.45, 2.75) is 31.2 Å². The smallest absolute Gasteiger partial charge is 0.164 e. The molecule has 6 heteroatoms. The largest absolute Gasteiger partial charge is 0.314 e. The van der Waals surface area contributed by atoms with Crippen LogP contribution < -0.4 is 5.32 Å². The first-order valence-corrected chi connectivity index (χ1v) is 9.82. The van der Waals surface area contributed by atoms with Crippen molar-refractivity contribution >= 4 is 21.6 Å². The van der Waals surface area contributed by atoms with Crippen LogP contribution in [0.5, 0.6) is 0 Å². The van der Waals surface area contributed by atoms with Crippen molar-refractivity contribution in [3.63, 3.8) is 0 Å². The maximum Gasteiger partial charge on any atom is 0.164 e. The number of rotatable bonds is 6. The lowest BCUT2D eigenvalue weighted by Gasteiger charge is -2.35. The van der Waals surface area contributed by atoms with Crippen LogP contribution in [0.25, 0.3) is 0 Å². The summed E-state index contributed by atoms with van der Waals surface area (Å²) in [5, 5.41) is 3.24. The Hall–Kier alpha value is 0.220. The van der Waals surface area contributed by atoms with E-state index in [-0.39, 0.29) is 5.37 Å². The van der Waals surface area contributed by atoms with Gasteiger partial charge in [-0.15, -0.1) is 0 Å². The van der Waals surface area contributed by atoms with Gasteiger partial charge in [-0.05, 0) is 25.3 Å². The molecule has 18 heavy (non-hydrogen) atoms. The van der Waals surface area contributed by atoms with Gasteiger partial charge in [-0.2, -0.15) is 11.8 Å². The third kappa shape index (κ3) is 4.40. The van der Waals surface area contributed by atoms with E-state index >= 15 is 0 Å². The van der Waals surface area contributed by atoms with E-state index in [4.69, 9.17) is 0 Å². The summed E-state index contributed by atoms with van der Waals surface area (Å²) in [5.41, 5.74) is 0. The first-order chi connectivity index (χ1) is 8.47. The van der Waals surface area contributed by atoms with Gasteiger partial charge < -0.3 is 5.32 Å².